The van der Waals surface area contributed by atoms with E-state index >= 15 is 0 Å². The molecule has 0 radical (unpaired) electrons. The number of thiophene rings is 2. The summed E-state index contributed by atoms with van der Waals surface area (Å²) in [5.74, 6) is 0. The number of unbranched alkanes of at least 4 members (excludes halogenated alkanes) is 12. The maximum atomic E-state index is 13.0. The van der Waals surface area contributed by atoms with Gasteiger partial charge in [-0.25, -0.2) is 0 Å². The van der Waals surface area contributed by atoms with Crippen molar-refractivity contribution in [1.29, 1.82) is 0 Å². The Morgan fingerprint density at radius 2 is 0.614 bits per heavy atom. The average molecular weight is 963 g/mol. The third-order valence-corrected chi connectivity index (χ3v) is 18.0. The standard InChI is InChI=1S/C66H74O2S2/c1-5-9-13-17-21-47-25-33-51(34-26-47)65(52-35-27-48(28-36-52)22-18-14-10-6-2)59-43-58-60(44-57(59)63-61(65)41-55(45-67)69-63)66(62-42-56(46-68)70-64(58)62,53-37-29-49(30-38-53)23-19-15-11-7-3)54-39-31-50(32-40-54)24-20-16-12-8-4/h25-46H,5-24H2,1-4H3. The fourth-order valence-corrected chi connectivity index (χ4v) is 14.2. The van der Waals surface area contributed by atoms with Gasteiger partial charge in [-0.05, 0) is 154 Å². The lowest BCUT2D eigenvalue weighted by Gasteiger charge is -2.35. The van der Waals surface area contributed by atoms with Gasteiger partial charge in [0, 0.05) is 9.75 Å². The smallest absolute Gasteiger partial charge is 0.160 e. The SMILES string of the molecule is CCCCCCc1ccc(C2(c3ccc(CCCCCC)cc3)c3cc4c(cc3-c3sc(C=O)cc32)C(c2ccc(CCCCCC)cc2)(c2ccc(CCCCCC)cc2)c2cc(C=O)sc2-4)cc1. The molecule has 2 aliphatic rings. The fourth-order valence-electron chi connectivity index (χ4n) is 12.1. The van der Waals surface area contributed by atoms with Gasteiger partial charge in [0.1, 0.15) is 0 Å². The highest BCUT2D eigenvalue weighted by Crippen LogP contribution is 2.65. The molecular weight excluding hydrogens is 889 g/mol. The Balaban J connectivity index is 1.27. The van der Waals surface area contributed by atoms with Crippen molar-refractivity contribution in [2.75, 3.05) is 0 Å². The van der Waals surface area contributed by atoms with Crippen LogP contribution in [0.2, 0.25) is 0 Å². The van der Waals surface area contributed by atoms with Crippen LogP contribution < -0.4 is 0 Å². The number of fused-ring (bicyclic) bond motifs is 6. The second-order valence-electron chi connectivity index (χ2n) is 20.5. The number of carbonyl (C=O) groups is 2. The number of aryl methyl sites for hydroxylation is 4. The van der Waals surface area contributed by atoms with Crippen LogP contribution in [0.3, 0.4) is 0 Å². The normalized spacial score (nSPS) is 13.8. The highest BCUT2D eigenvalue weighted by atomic mass is 32.1. The maximum Gasteiger partial charge on any atom is 0.160 e. The van der Waals surface area contributed by atoms with E-state index in [9.17, 15) is 9.59 Å². The molecule has 0 saturated heterocycles. The van der Waals surface area contributed by atoms with E-state index in [2.05, 4.69) is 149 Å². The van der Waals surface area contributed by atoms with Gasteiger partial charge in [-0.3, -0.25) is 9.59 Å². The lowest BCUT2D eigenvalue weighted by atomic mass is 9.65. The molecule has 0 fully saturated rings. The van der Waals surface area contributed by atoms with Gasteiger partial charge < -0.3 is 0 Å². The Morgan fingerprint density at radius 3 is 0.857 bits per heavy atom. The summed E-state index contributed by atoms with van der Waals surface area (Å²) in [6.45, 7) is 9.10. The molecule has 0 bridgehead atoms. The van der Waals surface area contributed by atoms with E-state index in [1.165, 1.54) is 190 Å². The van der Waals surface area contributed by atoms with Gasteiger partial charge in [0.05, 0.1) is 20.6 Å². The van der Waals surface area contributed by atoms with Crippen LogP contribution in [0.4, 0.5) is 0 Å². The third-order valence-electron chi connectivity index (χ3n) is 15.8. The molecule has 5 aromatic carbocycles. The summed E-state index contributed by atoms with van der Waals surface area (Å²) in [5.41, 5.74) is 16.4. The van der Waals surface area contributed by atoms with E-state index in [0.717, 1.165) is 48.0 Å². The number of benzene rings is 5. The summed E-state index contributed by atoms with van der Waals surface area (Å²) < 4.78 is 0. The quantitative estimate of drug-likeness (QED) is 0.0400. The minimum atomic E-state index is -0.659. The van der Waals surface area contributed by atoms with Gasteiger partial charge >= 0.3 is 0 Å². The van der Waals surface area contributed by atoms with Gasteiger partial charge in [-0.1, -0.05) is 202 Å². The highest BCUT2D eigenvalue weighted by molar-refractivity contribution is 7.18. The molecule has 7 aromatic rings. The van der Waals surface area contributed by atoms with Crippen LogP contribution in [0, 0.1) is 0 Å². The van der Waals surface area contributed by atoms with Crippen LogP contribution in [-0.2, 0) is 36.5 Å². The zero-order valence-corrected chi connectivity index (χ0v) is 44.1. The third kappa shape index (κ3) is 9.52. The summed E-state index contributed by atoms with van der Waals surface area (Å²) in [6, 6.07) is 47.4. The van der Waals surface area contributed by atoms with E-state index in [-0.39, 0.29) is 0 Å². The molecule has 0 amide bonds. The van der Waals surface area contributed by atoms with Crippen LogP contribution in [0.5, 0.6) is 0 Å². The highest BCUT2D eigenvalue weighted by Gasteiger charge is 2.53. The Bertz CT molecular complexity index is 2530. The molecule has 0 atom stereocenters. The minimum absolute atomic E-state index is 0.659. The Labute approximate surface area is 428 Å². The molecule has 0 N–H and O–H groups in total. The molecule has 362 valence electrons. The average Bonchev–Trinajstić information content (AvgIpc) is 4.15. The van der Waals surface area contributed by atoms with Crippen LogP contribution in [0.25, 0.3) is 20.9 Å². The van der Waals surface area contributed by atoms with Gasteiger partial charge in [0.2, 0.25) is 0 Å². The minimum Gasteiger partial charge on any atom is -0.297 e. The topological polar surface area (TPSA) is 34.1 Å². The van der Waals surface area contributed by atoms with E-state index < -0.39 is 10.8 Å². The summed E-state index contributed by atoms with van der Waals surface area (Å²) in [5, 5.41) is 0. The lowest BCUT2D eigenvalue weighted by Crippen LogP contribution is -2.30. The van der Waals surface area contributed by atoms with Gasteiger partial charge in [-0.2, -0.15) is 0 Å². The summed E-state index contributed by atoms with van der Waals surface area (Å²) in [6.07, 6.45) is 26.2. The van der Waals surface area contributed by atoms with Crippen molar-refractivity contribution in [2.24, 2.45) is 0 Å². The largest absolute Gasteiger partial charge is 0.297 e. The molecule has 0 unspecified atom stereocenters. The van der Waals surface area contributed by atoms with Crippen molar-refractivity contribution in [3.8, 4) is 20.9 Å². The Hall–Kier alpha value is -5.16. The van der Waals surface area contributed by atoms with E-state index in [1.807, 2.05) is 0 Å². The Kier molecular flexibility index (Phi) is 16.3. The first kappa shape index (κ1) is 49.8. The van der Waals surface area contributed by atoms with Crippen molar-refractivity contribution < 1.29 is 9.59 Å². The first-order chi connectivity index (χ1) is 34.4. The second kappa shape index (κ2) is 22.9. The number of carbonyl (C=O) groups excluding carboxylic acids is 2. The summed E-state index contributed by atoms with van der Waals surface area (Å²) in [4.78, 5) is 29.8. The molecule has 4 heteroatoms. The fraction of sp³-hybridized carbons (Fsp3) is 0.394. The second-order valence-corrected chi connectivity index (χ2v) is 22.7. The summed E-state index contributed by atoms with van der Waals surface area (Å²) >= 11 is 3.27. The predicted molar refractivity (Wildman–Crippen MR) is 299 cm³/mol. The number of hydrogen-bond acceptors (Lipinski definition) is 4. The van der Waals surface area contributed by atoms with Crippen LogP contribution in [0.15, 0.2) is 121 Å². The zero-order chi connectivity index (χ0) is 48.5. The van der Waals surface area contributed by atoms with Gasteiger partial charge in [0.25, 0.3) is 0 Å². The van der Waals surface area contributed by atoms with Crippen molar-refractivity contribution in [3.05, 3.63) is 198 Å². The monoisotopic (exact) mass is 963 g/mol. The first-order valence-electron chi connectivity index (χ1n) is 27.2. The molecule has 2 heterocycles. The molecule has 2 aromatic heterocycles. The molecule has 0 spiro atoms. The first-order valence-corrected chi connectivity index (χ1v) is 28.8. The van der Waals surface area contributed by atoms with Crippen molar-refractivity contribution >= 4 is 35.2 Å². The van der Waals surface area contributed by atoms with E-state index in [0.29, 0.717) is 0 Å². The number of aldehydes is 2. The zero-order valence-electron chi connectivity index (χ0n) is 42.5. The Morgan fingerprint density at radius 1 is 0.343 bits per heavy atom. The molecule has 2 aliphatic carbocycles. The molecule has 0 saturated carbocycles. The van der Waals surface area contributed by atoms with Crippen LogP contribution in [0.1, 0.15) is 217 Å². The molecule has 0 aliphatic heterocycles. The van der Waals surface area contributed by atoms with Crippen molar-refractivity contribution in [3.63, 3.8) is 0 Å². The predicted octanol–water partition coefficient (Wildman–Crippen LogP) is 18.7. The number of rotatable bonds is 26. The van der Waals surface area contributed by atoms with Gasteiger partial charge in [-0.15, -0.1) is 22.7 Å². The molecular formula is C66H74O2S2. The lowest BCUT2D eigenvalue weighted by molar-refractivity contribution is 0.111. The van der Waals surface area contributed by atoms with E-state index in [4.69, 9.17) is 0 Å². The van der Waals surface area contributed by atoms with Gasteiger partial charge in [0.15, 0.2) is 12.6 Å². The molecule has 70 heavy (non-hydrogen) atoms. The maximum absolute atomic E-state index is 13.0. The van der Waals surface area contributed by atoms with Crippen LogP contribution >= 0.6 is 22.7 Å². The van der Waals surface area contributed by atoms with Crippen molar-refractivity contribution in [2.45, 2.75) is 167 Å². The van der Waals surface area contributed by atoms with Crippen molar-refractivity contribution in [1.82, 2.24) is 0 Å². The molecule has 2 nitrogen and oxygen atoms in total. The summed E-state index contributed by atoms with van der Waals surface area (Å²) in [7, 11) is 0. The number of hydrogen-bond donors (Lipinski definition) is 0. The van der Waals surface area contributed by atoms with Crippen LogP contribution in [-0.4, -0.2) is 12.6 Å². The molecule has 9 rings (SSSR count). The van der Waals surface area contributed by atoms with E-state index in [1.54, 1.807) is 22.7 Å².